The third-order valence-corrected chi connectivity index (χ3v) is 1.77. The second kappa shape index (κ2) is 8.04. The largest absolute Gasteiger partial charge is 0.446 e. The molecule has 15 heavy (non-hydrogen) atoms. The molecule has 0 atom stereocenters. The average molecular weight is 207 g/mol. The van der Waals surface area contributed by atoms with Gasteiger partial charge in [0.2, 0.25) is 5.71 Å². The molecule has 0 amide bonds. The van der Waals surface area contributed by atoms with Crippen LogP contribution in [0.1, 0.15) is 40.2 Å². The molecule has 2 rings (SSSR count). The summed E-state index contributed by atoms with van der Waals surface area (Å²) >= 11 is 0. The number of rotatable bonds is 1. The van der Waals surface area contributed by atoms with E-state index >= 15 is 0 Å². The van der Waals surface area contributed by atoms with Crippen LogP contribution in [0.15, 0.2) is 29.0 Å². The number of aryl methyl sites for hydroxylation is 1. The van der Waals surface area contributed by atoms with Crippen molar-refractivity contribution in [3.63, 3.8) is 0 Å². The number of hydrogen-bond acceptors (Lipinski definition) is 2. The molecule has 0 saturated heterocycles. The molecule has 0 radical (unpaired) electrons. The zero-order valence-corrected chi connectivity index (χ0v) is 10.4. The van der Waals surface area contributed by atoms with Crippen molar-refractivity contribution in [3.8, 4) is 0 Å². The summed E-state index contributed by atoms with van der Waals surface area (Å²) in [6, 6.07) is 4.04. The fourth-order valence-corrected chi connectivity index (χ4v) is 1.10. The average Bonchev–Trinajstić information content (AvgIpc) is 2.81. The molecule has 0 aliphatic heterocycles. The van der Waals surface area contributed by atoms with Gasteiger partial charge in [-0.05, 0) is 24.1 Å². The molecule has 0 bridgehead atoms. The van der Waals surface area contributed by atoms with Crippen molar-refractivity contribution in [1.29, 1.82) is 0 Å². The van der Waals surface area contributed by atoms with E-state index in [9.17, 15) is 0 Å². The van der Waals surface area contributed by atoms with Crippen LogP contribution in [0.3, 0.4) is 0 Å². The lowest BCUT2D eigenvalue weighted by molar-refractivity contribution is 0.603. The summed E-state index contributed by atoms with van der Waals surface area (Å²) in [5.74, 6) is 0. The van der Waals surface area contributed by atoms with Crippen molar-refractivity contribution in [1.82, 2.24) is 4.98 Å². The first-order valence-corrected chi connectivity index (χ1v) is 5.72. The lowest BCUT2D eigenvalue weighted by atomic mass is 10.2. The van der Waals surface area contributed by atoms with Crippen LogP contribution in [0, 0.1) is 0 Å². The summed E-state index contributed by atoms with van der Waals surface area (Å²) in [6.07, 6.45) is 4.54. The van der Waals surface area contributed by atoms with Crippen LogP contribution in [0.2, 0.25) is 0 Å². The normalized spacial score (nSPS) is 8.60. The number of nitrogens with zero attached hydrogens (tertiary/aromatic N) is 1. The first-order valence-electron chi connectivity index (χ1n) is 5.72. The predicted molar refractivity (Wildman–Crippen MR) is 66.1 cm³/mol. The van der Waals surface area contributed by atoms with Crippen LogP contribution in [-0.4, -0.2) is 4.98 Å². The van der Waals surface area contributed by atoms with E-state index in [1.807, 2.05) is 40.0 Å². The summed E-state index contributed by atoms with van der Waals surface area (Å²) < 4.78 is 5.11. The molecule has 0 spiro atoms. The number of aromatic nitrogens is 1. The van der Waals surface area contributed by atoms with Crippen molar-refractivity contribution in [3.05, 3.63) is 30.2 Å². The molecule has 0 N–H and O–H groups in total. The molecule has 2 aromatic rings. The molecule has 0 aliphatic rings. The van der Waals surface area contributed by atoms with Gasteiger partial charge in [0, 0.05) is 11.6 Å². The van der Waals surface area contributed by atoms with E-state index in [1.54, 1.807) is 6.26 Å². The Morgan fingerprint density at radius 1 is 1.20 bits per heavy atom. The topological polar surface area (TPSA) is 26.0 Å². The van der Waals surface area contributed by atoms with Crippen LogP contribution in [-0.2, 0) is 6.42 Å². The molecule has 2 aromatic heterocycles. The van der Waals surface area contributed by atoms with Crippen LogP contribution < -0.4 is 0 Å². The minimum Gasteiger partial charge on any atom is -0.446 e. The van der Waals surface area contributed by atoms with E-state index in [0.29, 0.717) is 0 Å². The van der Waals surface area contributed by atoms with Gasteiger partial charge in [-0.3, -0.25) is 0 Å². The van der Waals surface area contributed by atoms with Gasteiger partial charge < -0.3 is 4.42 Å². The lowest BCUT2D eigenvalue weighted by Crippen LogP contribution is -1.80. The number of pyridine rings is 1. The van der Waals surface area contributed by atoms with Crippen molar-refractivity contribution in [2.45, 2.75) is 41.0 Å². The highest BCUT2D eigenvalue weighted by Gasteiger charge is 1.97. The Bertz CT molecular complexity index is 365. The van der Waals surface area contributed by atoms with E-state index in [-0.39, 0.29) is 0 Å². The van der Waals surface area contributed by atoms with Crippen LogP contribution in [0.4, 0.5) is 0 Å². The molecule has 84 valence electrons. The van der Waals surface area contributed by atoms with Gasteiger partial charge >= 0.3 is 0 Å². The van der Waals surface area contributed by atoms with Gasteiger partial charge in [-0.2, -0.15) is 0 Å². The van der Waals surface area contributed by atoms with Crippen molar-refractivity contribution in [2.24, 2.45) is 0 Å². The fourth-order valence-electron chi connectivity index (χ4n) is 1.10. The number of hydrogen-bond donors (Lipinski definition) is 0. The van der Waals surface area contributed by atoms with Gasteiger partial charge in [0.05, 0.1) is 6.26 Å². The first kappa shape index (κ1) is 13.7. The van der Waals surface area contributed by atoms with Crippen LogP contribution in [0.25, 0.3) is 11.1 Å². The number of furan rings is 1. The van der Waals surface area contributed by atoms with Gasteiger partial charge in [0.25, 0.3) is 0 Å². The van der Waals surface area contributed by atoms with E-state index in [0.717, 1.165) is 17.5 Å². The van der Waals surface area contributed by atoms with Gasteiger partial charge in [-0.15, -0.1) is 0 Å². The first-order chi connectivity index (χ1) is 7.40. The maximum Gasteiger partial charge on any atom is 0.225 e. The van der Waals surface area contributed by atoms with Gasteiger partial charge in [-0.25, -0.2) is 4.98 Å². The Balaban J connectivity index is 0.000000442. The summed E-state index contributed by atoms with van der Waals surface area (Å²) in [7, 11) is 0. The van der Waals surface area contributed by atoms with Crippen molar-refractivity contribution >= 4 is 11.1 Å². The highest BCUT2D eigenvalue weighted by molar-refractivity contribution is 5.73. The molecular weight excluding hydrogens is 186 g/mol. The molecule has 0 fully saturated rings. The Hall–Kier alpha value is -1.31. The summed E-state index contributed by atoms with van der Waals surface area (Å²) in [5, 5.41) is 1.09. The maximum atomic E-state index is 5.11. The summed E-state index contributed by atoms with van der Waals surface area (Å²) in [6.45, 7) is 10.1. The summed E-state index contributed by atoms with van der Waals surface area (Å²) in [5.41, 5.74) is 1.97. The molecular formula is C13H21NO. The lowest BCUT2D eigenvalue weighted by Gasteiger charge is -1.92. The highest BCUT2D eigenvalue weighted by Crippen LogP contribution is 2.13. The van der Waals surface area contributed by atoms with E-state index in [1.165, 1.54) is 5.56 Å². The predicted octanol–water partition coefficient (Wildman–Crippen LogP) is 4.44. The van der Waals surface area contributed by atoms with E-state index in [4.69, 9.17) is 4.42 Å². The highest BCUT2D eigenvalue weighted by atomic mass is 16.3. The second-order valence-electron chi connectivity index (χ2n) is 2.51. The molecule has 2 heterocycles. The molecule has 0 unspecified atom stereocenters. The van der Waals surface area contributed by atoms with Gasteiger partial charge in [0.1, 0.15) is 0 Å². The zero-order valence-electron chi connectivity index (χ0n) is 10.4. The second-order valence-corrected chi connectivity index (χ2v) is 2.51. The standard InChI is InChI=1S/C9H9NO.2C2H6/c1-2-7-5-8-3-4-11-9(8)10-6-7;2*1-2/h3-6H,2H2,1H3;2*1-2H3. The SMILES string of the molecule is CC.CC.CCc1cnc2occc2c1. The summed E-state index contributed by atoms with van der Waals surface area (Å²) in [4.78, 5) is 4.15. The zero-order chi connectivity index (χ0) is 11.7. The third kappa shape index (κ3) is 3.74. The monoisotopic (exact) mass is 207 g/mol. The van der Waals surface area contributed by atoms with Crippen molar-refractivity contribution < 1.29 is 4.42 Å². The van der Waals surface area contributed by atoms with E-state index in [2.05, 4.69) is 18.0 Å². The molecule has 0 aliphatic carbocycles. The molecule has 2 heteroatoms. The Morgan fingerprint density at radius 2 is 1.87 bits per heavy atom. The quantitative estimate of drug-likeness (QED) is 0.690. The van der Waals surface area contributed by atoms with Crippen molar-refractivity contribution in [2.75, 3.05) is 0 Å². The van der Waals surface area contributed by atoms with Gasteiger partial charge in [-0.1, -0.05) is 34.6 Å². The Morgan fingerprint density at radius 3 is 2.47 bits per heavy atom. The van der Waals surface area contributed by atoms with Crippen LogP contribution in [0.5, 0.6) is 0 Å². The maximum absolute atomic E-state index is 5.11. The molecule has 2 nitrogen and oxygen atoms in total. The third-order valence-electron chi connectivity index (χ3n) is 1.77. The van der Waals surface area contributed by atoms with Crippen LogP contribution >= 0.6 is 0 Å². The minimum absolute atomic E-state index is 0.724. The fraction of sp³-hybridized carbons (Fsp3) is 0.462. The minimum atomic E-state index is 0.724. The Labute approximate surface area is 92.3 Å². The van der Waals surface area contributed by atoms with Gasteiger partial charge in [0.15, 0.2) is 0 Å². The van der Waals surface area contributed by atoms with E-state index < -0.39 is 0 Å². The Kier molecular flexibility index (Phi) is 7.33. The molecule has 0 saturated carbocycles. The smallest absolute Gasteiger partial charge is 0.225 e. The number of fused-ring (bicyclic) bond motifs is 1. The molecule has 0 aromatic carbocycles.